The second-order valence-electron chi connectivity index (χ2n) is 8.13. The van der Waals surface area contributed by atoms with E-state index < -0.39 is 33.3 Å². The van der Waals surface area contributed by atoms with E-state index in [9.17, 15) is 31.2 Å². The Kier molecular flexibility index (Phi) is 11.6. The molecule has 0 saturated heterocycles. The maximum atomic E-state index is 12.7. The van der Waals surface area contributed by atoms with Crippen LogP contribution in [0.15, 0.2) is 53.6 Å². The van der Waals surface area contributed by atoms with Gasteiger partial charge in [-0.1, -0.05) is 23.7 Å². The quantitative estimate of drug-likeness (QED) is 0.0787. The zero-order valence-electron chi connectivity index (χ0n) is 21.4. The average molecular weight is 610 g/mol. The van der Waals surface area contributed by atoms with Crippen molar-refractivity contribution in [1.82, 2.24) is 8.72 Å². The van der Waals surface area contributed by atoms with E-state index in [1.807, 2.05) is 13.8 Å². The van der Waals surface area contributed by atoms with Crippen LogP contribution in [0.1, 0.15) is 45.2 Å². The first-order valence-electron chi connectivity index (χ1n) is 11.5. The normalized spacial score (nSPS) is 12.5. The summed E-state index contributed by atoms with van der Waals surface area (Å²) in [5.74, 6) is -1.41. The van der Waals surface area contributed by atoms with Gasteiger partial charge in [-0.2, -0.15) is 31.1 Å². The van der Waals surface area contributed by atoms with Crippen LogP contribution >= 0.6 is 23.7 Å². The fraction of sp³-hybridized carbons (Fsp3) is 0.375. The number of hydrazone groups is 1. The predicted molar refractivity (Wildman–Crippen MR) is 142 cm³/mol. The van der Waals surface area contributed by atoms with Crippen molar-refractivity contribution < 1.29 is 40.1 Å². The number of esters is 1. The highest BCUT2D eigenvalue weighted by Gasteiger charge is 2.48. The minimum atomic E-state index is -5.85. The molecule has 2 aromatic rings. The summed E-state index contributed by atoms with van der Waals surface area (Å²) < 4.78 is 72.7. The van der Waals surface area contributed by atoms with Gasteiger partial charge in [0.15, 0.2) is 0 Å². The number of hydrogen-bond acceptors (Lipinski definition) is 9. The fourth-order valence-electron chi connectivity index (χ4n) is 2.90. The van der Waals surface area contributed by atoms with E-state index in [-0.39, 0.29) is 31.3 Å². The molecule has 0 heterocycles. The Labute approximate surface area is 234 Å². The third-order valence-corrected chi connectivity index (χ3v) is 7.33. The van der Waals surface area contributed by atoms with E-state index in [4.69, 9.17) is 16.3 Å². The molecule has 0 unspecified atom stereocenters. The number of hydrogen-bond donors (Lipinski definition) is 0. The molecule has 0 radical (unpaired) electrons. The van der Waals surface area contributed by atoms with Gasteiger partial charge >= 0.3 is 21.6 Å². The Morgan fingerprint density at radius 3 is 2.05 bits per heavy atom. The van der Waals surface area contributed by atoms with Crippen molar-refractivity contribution in [2.75, 3.05) is 13.2 Å². The molecule has 0 saturated carbocycles. The zero-order valence-corrected chi connectivity index (χ0v) is 23.8. The molecule has 0 aliphatic rings. The lowest BCUT2D eigenvalue weighted by molar-refractivity contribution is -0.143. The van der Waals surface area contributed by atoms with E-state index in [0.717, 1.165) is 28.7 Å². The van der Waals surface area contributed by atoms with Gasteiger partial charge in [0.1, 0.15) is 5.75 Å². The van der Waals surface area contributed by atoms with Crippen molar-refractivity contribution in [2.45, 2.75) is 45.7 Å². The molecule has 0 aliphatic carbocycles. The summed E-state index contributed by atoms with van der Waals surface area (Å²) in [5, 5.41) is 4.93. The van der Waals surface area contributed by atoms with Crippen molar-refractivity contribution in [3.8, 4) is 5.75 Å². The molecule has 0 N–H and O–H groups in total. The van der Waals surface area contributed by atoms with Gasteiger partial charge in [0.25, 0.3) is 5.91 Å². The Morgan fingerprint density at radius 2 is 1.59 bits per heavy atom. The summed E-state index contributed by atoms with van der Waals surface area (Å²) in [6.45, 7) is 7.23. The zero-order chi connectivity index (χ0) is 29.4. The Morgan fingerprint density at radius 1 is 1.05 bits per heavy atom. The van der Waals surface area contributed by atoms with Crippen LogP contribution in [0.2, 0.25) is 5.02 Å². The molecule has 0 spiro atoms. The number of alkyl halides is 3. The largest absolute Gasteiger partial charge is 0.534 e. The van der Waals surface area contributed by atoms with Crippen molar-refractivity contribution >= 4 is 51.4 Å². The van der Waals surface area contributed by atoms with Crippen LogP contribution in [0, 0.1) is 0 Å². The van der Waals surface area contributed by atoms with Crippen LogP contribution in [0.3, 0.4) is 0 Å². The molecule has 2 rings (SSSR count). The first-order valence-corrected chi connectivity index (χ1v) is 14.0. The van der Waals surface area contributed by atoms with E-state index in [0.29, 0.717) is 16.1 Å². The molecule has 0 aliphatic heterocycles. The van der Waals surface area contributed by atoms with Crippen LogP contribution in [-0.2, 0) is 24.4 Å². The molecule has 15 heteroatoms. The van der Waals surface area contributed by atoms with Crippen LogP contribution in [0.5, 0.6) is 5.75 Å². The van der Waals surface area contributed by atoms with Gasteiger partial charge in [-0.3, -0.25) is 9.59 Å². The number of carbonyl (C=O) groups is 2. The van der Waals surface area contributed by atoms with Gasteiger partial charge in [-0.05, 0) is 57.2 Å². The molecule has 0 fully saturated rings. The van der Waals surface area contributed by atoms with Gasteiger partial charge in [-0.15, -0.1) is 0 Å². The summed E-state index contributed by atoms with van der Waals surface area (Å²) in [7, 11) is -5.85. The molecule has 1 amide bonds. The molecule has 2 aromatic carbocycles. The van der Waals surface area contributed by atoms with Crippen LogP contribution in [-0.4, -0.2) is 59.4 Å². The first-order chi connectivity index (χ1) is 18.1. The second kappa shape index (κ2) is 14.0. The smallest absolute Gasteiger partial charge is 0.466 e. The molecule has 0 atom stereocenters. The second-order valence-corrected chi connectivity index (χ2v) is 11.1. The Bertz CT molecular complexity index is 1270. The number of ether oxygens (including phenoxy) is 1. The highest BCUT2D eigenvalue weighted by atomic mass is 35.5. The monoisotopic (exact) mass is 609 g/mol. The molecule has 0 aromatic heterocycles. The van der Waals surface area contributed by atoms with Crippen molar-refractivity contribution in [2.24, 2.45) is 5.10 Å². The molecular formula is C24H27ClF3N3O6S2. The molecule has 9 nitrogen and oxygen atoms in total. The third kappa shape index (κ3) is 9.71. The standard InChI is InChI=1S/C24H27ClF3N3O6S2/c1-5-36-22(33)14-15-30(16(2)3)38-31(17(4)32)29-23(18-6-10-20(25)11-7-18)19-8-12-21(13-9-19)37-39(34,35)24(26,27)28/h6-13,16H,5,14-15H2,1-4H3. The number of halogens is 4. The van der Waals surface area contributed by atoms with Crippen molar-refractivity contribution in [3.63, 3.8) is 0 Å². The molecular weight excluding hydrogens is 583 g/mol. The number of benzene rings is 2. The van der Waals surface area contributed by atoms with Crippen LogP contribution < -0.4 is 4.18 Å². The number of amides is 1. The van der Waals surface area contributed by atoms with Gasteiger partial charge in [0.2, 0.25) is 0 Å². The summed E-state index contributed by atoms with van der Waals surface area (Å²) in [5.41, 5.74) is -4.51. The third-order valence-electron chi connectivity index (χ3n) is 4.79. The lowest BCUT2D eigenvalue weighted by Crippen LogP contribution is -2.32. The van der Waals surface area contributed by atoms with Gasteiger partial charge in [-0.25, -0.2) is 4.31 Å². The van der Waals surface area contributed by atoms with E-state index in [1.165, 1.54) is 19.1 Å². The van der Waals surface area contributed by atoms with Crippen molar-refractivity contribution in [3.05, 3.63) is 64.7 Å². The van der Waals surface area contributed by atoms with Crippen LogP contribution in [0.25, 0.3) is 0 Å². The average Bonchev–Trinajstić information content (AvgIpc) is 2.84. The predicted octanol–water partition coefficient (Wildman–Crippen LogP) is 5.40. The summed E-state index contributed by atoms with van der Waals surface area (Å²) >= 11 is 6.97. The summed E-state index contributed by atoms with van der Waals surface area (Å²) in [6.07, 6.45) is 0.0841. The minimum absolute atomic E-state index is 0.0841. The lowest BCUT2D eigenvalue weighted by Gasteiger charge is -2.28. The van der Waals surface area contributed by atoms with Crippen molar-refractivity contribution in [1.29, 1.82) is 0 Å². The van der Waals surface area contributed by atoms with Gasteiger partial charge in [0, 0.05) is 35.7 Å². The summed E-state index contributed by atoms with van der Waals surface area (Å²) in [4.78, 5) is 24.4. The van der Waals surface area contributed by atoms with E-state index >= 15 is 0 Å². The SMILES string of the molecule is CCOC(=O)CCN(SN(N=C(c1ccc(Cl)cc1)c1ccc(OS(=O)(=O)C(F)(F)F)cc1)C(C)=O)C(C)C. The highest BCUT2D eigenvalue weighted by Crippen LogP contribution is 2.28. The minimum Gasteiger partial charge on any atom is -0.466 e. The first kappa shape index (κ1) is 32.4. The molecule has 0 bridgehead atoms. The number of rotatable bonds is 12. The van der Waals surface area contributed by atoms with E-state index in [1.54, 1.807) is 35.5 Å². The maximum absolute atomic E-state index is 12.7. The lowest BCUT2D eigenvalue weighted by atomic mass is 10.0. The summed E-state index contributed by atoms with van der Waals surface area (Å²) in [6, 6.07) is 11.0. The number of carbonyl (C=O) groups excluding carboxylic acids is 2. The van der Waals surface area contributed by atoms with Gasteiger partial charge < -0.3 is 8.92 Å². The fourth-order valence-corrected chi connectivity index (χ4v) is 4.27. The molecule has 214 valence electrons. The molecule has 39 heavy (non-hydrogen) atoms. The Balaban J connectivity index is 2.45. The topological polar surface area (TPSA) is 106 Å². The maximum Gasteiger partial charge on any atom is 0.534 e. The Hall–Kier alpha value is -2.81. The van der Waals surface area contributed by atoms with Gasteiger partial charge in [0.05, 0.1) is 30.9 Å². The highest BCUT2D eigenvalue weighted by molar-refractivity contribution is 7.95. The van der Waals surface area contributed by atoms with Crippen LogP contribution in [0.4, 0.5) is 13.2 Å². The van der Waals surface area contributed by atoms with E-state index in [2.05, 4.69) is 9.28 Å². The number of nitrogens with zero attached hydrogens (tertiary/aromatic N) is 3.